The maximum Gasteiger partial charge on any atom is 0.338 e. The second kappa shape index (κ2) is 5.58. The normalized spacial score (nSPS) is 10.5. The van der Waals surface area contributed by atoms with Gasteiger partial charge in [-0.2, -0.15) is 0 Å². The number of fused-ring (bicyclic) bond motifs is 1. The number of carbonyl (C=O) groups is 1. The molecule has 0 atom stereocenters. The molecule has 0 aliphatic carbocycles. The van der Waals surface area contributed by atoms with E-state index in [0.29, 0.717) is 22.6 Å². The first-order valence-corrected chi connectivity index (χ1v) is 6.37. The fourth-order valence-electron chi connectivity index (χ4n) is 1.89. The highest BCUT2D eigenvalue weighted by molar-refractivity contribution is 5.93. The van der Waals surface area contributed by atoms with Crippen molar-refractivity contribution in [2.24, 2.45) is 0 Å². The highest BCUT2D eigenvalue weighted by Crippen LogP contribution is 2.24. The van der Waals surface area contributed by atoms with Crippen LogP contribution in [-0.4, -0.2) is 22.5 Å². The molecule has 0 unspecified atom stereocenters. The van der Waals surface area contributed by atoms with Crippen LogP contribution in [0, 0.1) is 0 Å². The summed E-state index contributed by atoms with van der Waals surface area (Å²) in [5, 5.41) is 0. The highest BCUT2D eigenvalue weighted by atomic mass is 16.5. The Bertz CT molecular complexity index is 794. The lowest BCUT2D eigenvalue weighted by atomic mass is 10.2. The molecule has 2 aromatic heterocycles. The van der Waals surface area contributed by atoms with Gasteiger partial charge in [-0.05, 0) is 30.3 Å². The van der Waals surface area contributed by atoms with Gasteiger partial charge in [0.2, 0.25) is 5.89 Å². The number of hydrogen-bond acceptors (Lipinski definition) is 5. The number of ether oxygens (including phenoxy) is 1. The number of rotatable bonds is 4. The molecule has 0 radical (unpaired) electrons. The van der Waals surface area contributed by atoms with Crippen LogP contribution < -0.4 is 0 Å². The fraction of sp³-hybridized carbons (Fsp3) is 0.0625. The second-order valence-electron chi connectivity index (χ2n) is 4.33. The van der Waals surface area contributed by atoms with Crippen LogP contribution in [0.5, 0.6) is 0 Å². The third kappa shape index (κ3) is 2.67. The molecular weight excluding hydrogens is 268 g/mol. The summed E-state index contributed by atoms with van der Waals surface area (Å²) in [7, 11) is 0. The van der Waals surface area contributed by atoms with E-state index < -0.39 is 5.97 Å². The van der Waals surface area contributed by atoms with Crippen LogP contribution in [0.2, 0.25) is 0 Å². The predicted octanol–water partition coefficient (Wildman–Crippen LogP) is 3.23. The van der Waals surface area contributed by atoms with Crippen molar-refractivity contribution < 1.29 is 13.9 Å². The van der Waals surface area contributed by atoms with Crippen molar-refractivity contribution in [1.82, 2.24) is 9.97 Å². The average molecular weight is 280 g/mol. The Morgan fingerprint density at radius 1 is 1.38 bits per heavy atom. The molecule has 5 heteroatoms. The van der Waals surface area contributed by atoms with E-state index in [4.69, 9.17) is 9.15 Å². The van der Waals surface area contributed by atoms with E-state index in [-0.39, 0.29) is 6.61 Å². The summed E-state index contributed by atoms with van der Waals surface area (Å²) in [4.78, 5) is 20.2. The molecule has 0 fully saturated rings. The van der Waals surface area contributed by atoms with Gasteiger partial charge in [0, 0.05) is 12.4 Å². The Morgan fingerprint density at radius 2 is 2.29 bits per heavy atom. The number of hydrogen-bond donors (Lipinski definition) is 0. The van der Waals surface area contributed by atoms with Gasteiger partial charge in [0.25, 0.3) is 0 Å². The molecule has 0 aliphatic rings. The van der Waals surface area contributed by atoms with Gasteiger partial charge in [-0.3, -0.25) is 4.98 Å². The third-order valence-electron chi connectivity index (χ3n) is 2.86. The van der Waals surface area contributed by atoms with Gasteiger partial charge in [0.05, 0.1) is 11.1 Å². The Kier molecular flexibility index (Phi) is 3.47. The van der Waals surface area contributed by atoms with Crippen molar-refractivity contribution >= 4 is 17.1 Å². The Labute approximate surface area is 120 Å². The summed E-state index contributed by atoms with van der Waals surface area (Å²) in [5.41, 5.74) is 2.41. The highest BCUT2D eigenvalue weighted by Gasteiger charge is 2.12. The first-order chi connectivity index (χ1) is 10.3. The summed E-state index contributed by atoms with van der Waals surface area (Å²) in [6.45, 7) is 3.68. The number of pyridine rings is 1. The summed E-state index contributed by atoms with van der Waals surface area (Å²) < 4.78 is 10.6. The van der Waals surface area contributed by atoms with Gasteiger partial charge in [0.1, 0.15) is 12.1 Å². The van der Waals surface area contributed by atoms with Crippen LogP contribution in [0.15, 0.2) is 59.8 Å². The lowest BCUT2D eigenvalue weighted by molar-refractivity contribution is 0.0550. The Hall–Kier alpha value is -2.95. The molecule has 2 heterocycles. The van der Waals surface area contributed by atoms with Gasteiger partial charge in [0.15, 0.2) is 5.58 Å². The quantitative estimate of drug-likeness (QED) is 0.542. The molecule has 0 spiro atoms. The number of oxazole rings is 1. The summed E-state index contributed by atoms with van der Waals surface area (Å²) in [5.74, 6) is 0.0532. The number of nitrogens with zero attached hydrogens (tertiary/aromatic N) is 2. The molecule has 1 aromatic carbocycles. The number of benzene rings is 1. The van der Waals surface area contributed by atoms with Crippen molar-refractivity contribution in [3.05, 3.63) is 60.9 Å². The van der Waals surface area contributed by atoms with Crippen LogP contribution in [0.1, 0.15) is 10.4 Å². The molecular formula is C16H12N2O3. The van der Waals surface area contributed by atoms with E-state index in [0.717, 1.165) is 5.56 Å². The minimum atomic E-state index is -0.414. The van der Waals surface area contributed by atoms with E-state index in [9.17, 15) is 4.79 Å². The van der Waals surface area contributed by atoms with Crippen molar-refractivity contribution in [1.29, 1.82) is 0 Å². The third-order valence-corrected chi connectivity index (χ3v) is 2.86. The molecule has 3 aromatic rings. The fourth-order valence-corrected chi connectivity index (χ4v) is 1.89. The van der Waals surface area contributed by atoms with Gasteiger partial charge < -0.3 is 9.15 Å². The van der Waals surface area contributed by atoms with Crippen molar-refractivity contribution in [3.63, 3.8) is 0 Å². The molecule has 0 bridgehead atoms. The molecule has 0 saturated carbocycles. The Morgan fingerprint density at radius 3 is 3.05 bits per heavy atom. The zero-order valence-corrected chi connectivity index (χ0v) is 11.2. The molecule has 0 saturated heterocycles. The first kappa shape index (κ1) is 13.1. The molecule has 104 valence electrons. The summed E-state index contributed by atoms with van der Waals surface area (Å²) >= 11 is 0. The zero-order chi connectivity index (χ0) is 14.7. The average Bonchev–Trinajstić information content (AvgIpc) is 2.96. The van der Waals surface area contributed by atoms with Crippen LogP contribution in [-0.2, 0) is 4.74 Å². The van der Waals surface area contributed by atoms with Crippen LogP contribution in [0.3, 0.4) is 0 Å². The van der Waals surface area contributed by atoms with Gasteiger partial charge >= 0.3 is 5.97 Å². The summed E-state index contributed by atoms with van der Waals surface area (Å²) in [6, 6.07) is 8.65. The molecule has 0 N–H and O–H groups in total. The predicted molar refractivity (Wildman–Crippen MR) is 77.7 cm³/mol. The molecule has 3 rings (SSSR count). The minimum Gasteiger partial charge on any atom is -0.458 e. The van der Waals surface area contributed by atoms with Gasteiger partial charge in [-0.25, -0.2) is 9.78 Å². The monoisotopic (exact) mass is 280 g/mol. The standard InChI is InChI=1S/C16H12N2O3/c1-2-8-20-16(19)11-5-6-14-13(9-11)18-15(21-14)12-4-3-7-17-10-12/h2-7,9-10H,1,8H2. The topological polar surface area (TPSA) is 65.2 Å². The van der Waals surface area contributed by atoms with Crippen LogP contribution >= 0.6 is 0 Å². The lowest BCUT2D eigenvalue weighted by Gasteiger charge is -2.00. The molecule has 21 heavy (non-hydrogen) atoms. The summed E-state index contributed by atoms with van der Waals surface area (Å²) in [6.07, 6.45) is 4.87. The lowest BCUT2D eigenvalue weighted by Crippen LogP contribution is -2.04. The SMILES string of the molecule is C=CCOC(=O)c1ccc2oc(-c3cccnc3)nc2c1. The van der Waals surface area contributed by atoms with Gasteiger partial charge in [-0.1, -0.05) is 12.7 Å². The van der Waals surface area contributed by atoms with Crippen LogP contribution in [0.4, 0.5) is 0 Å². The van der Waals surface area contributed by atoms with Gasteiger partial charge in [-0.15, -0.1) is 0 Å². The molecule has 0 aliphatic heterocycles. The number of carbonyl (C=O) groups excluding carboxylic acids is 1. The largest absolute Gasteiger partial charge is 0.458 e. The number of aromatic nitrogens is 2. The maximum absolute atomic E-state index is 11.8. The minimum absolute atomic E-state index is 0.177. The van der Waals surface area contributed by atoms with Crippen molar-refractivity contribution in [2.45, 2.75) is 0 Å². The van der Waals surface area contributed by atoms with Crippen LogP contribution in [0.25, 0.3) is 22.6 Å². The van der Waals surface area contributed by atoms with Crippen molar-refractivity contribution in [2.75, 3.05) is 6.61 Å². The zero-order valence-electron chi connectivity index (χ0n) is 11.2. The van der Waals surface area contributed by atoms with E-state index in [1.165, 1.54) is 6.08 Å². The van der Waals surface area contributed by atoms with E-state index in [2.05, 4.69) is 16.5 Å². The first-order valence-electron chi connectivity index (χ1n) is 6.37. The second-order valence-corrected chi connectivity index (χ2v) is 4.33. The van der Waals surface area contributed by atoms with E-state index in [1.54, 1.807) is 30.6 Å². The maximum atomic E-state index is 11.8. The molecule has 5 nitrogen and oxygen atoms in total. The van der Waals surface area contributed by atoms with E-state index in [1.807, 2.05) is 12.1 Å². The van der Waals surface area contributed by atoms with E-state index >= 15 is 0 Å². The number of esters is 1. The smallest absolute Gasteiger partial charge is 0.338 e. The Balaban J connectivity index is 1.95. The molecule has 0 amide bonds. The van der Waals surface area contributed by atoms with Crippen molar-refractivity contribution in [3.8, 4) is 11.5 Å².